The molecule has 1 aromatic carbocycles. The zero-order valence-corrected chi connectivity index (χ0v) is 11.0. The van der Waals surface area contributed by atoms with Gasteiger partial charge in [0.2, 0.25) is 5.56 Å². The summed E-state index contributed by atoms with van der Waals surface area (Å²) in [5.74, 6) is 0. The normalized spacial score (nSPS) is 10.8. The van der Waals surface area contributed by atoms with E-state index in [1.165, 1.54) is 0 Å². The third-order valence-electron chi connectivity index (χ3n) is 3.04. The minimum atomic E-state index is 0.0226. The van der Waals surface area contributed by atoms with Crippen LogP contribution in [0.5, 0.6) is 0 Å². The first-order valence-corrected chi connectivity index (χ1v) is 6.58. The number of hydrogen-bond donors (Lipinski definition) is 1. The highest BCUT2D eigenvalue weighted by atomic mass is 16.4. The van der Waals surface area contributed by atoms with Crippen LogP contribution in [0.4, 0.5) is 6.01 Å². The summed E-state index contributed by atoms with van der Waals surface area (Å²) in [6, 6.07) is 13.3. The van der Waals surface area contributed by atoms with Crippen molar-refractivity contribution in [2.75, 3.05) is 11.9 Å². The average Bonchev–Trinajstić information content (AvgIpc) is 2.88. The molecule has 0 saturated heterocycles. The number of hydrogen-bond acceptors (Lipinski definition) is 4. The van der Waals surface area contributed by atoms with Crippen molar-refractivity contribution in [3.63, 3.8) is 0 Å². The van der Waals surface area contributed by atoms with Gasteiger partial charge in [0.15, 0.2) is 5.58 Å². The van der Waals surface area contributed by atoms with Crippen LogP contribution in [0.1, 0.15) is 6.42 Å². The van der Waals surface area contributed by atoms with E-state index in [2.05, 4.69) is 10.3 Å². The van der Waals surface area contributed by atoms with Crippen LogP contribution in [0.25, 0.3) is 11.1 Å². The van der Waals surface area contributed by atoms with Crippen molar-refractivity contribution in [2.45, 2.75) is 13.0 Å². The monoisotopic (exact) mass is 269 g/mol. The Labute approximate surface area is 115 Å². The molecule has 3 rings (SSSR count). The number of oxazole rings is 1. The lowest BCUT2D eigenvalue weighted by Crippen LogP contribution is -2.19. The van der Waals surface area contributed by atoms with Crippen molar-refractivity contribution < 1.29 is 4.42 Å². The maximum atomic E-state index is 11.5. The number of aryl methyl sites for hydroxylation is 1. The first kappa shape index (κ1) is 12.5. The molecule has 3 aromatic rings. The number of pyridine rings is 1. The molecule has 0 unspecified atom stereocenters. The zero-order valence-electron chi connectivity index (χ0n) is 11.0. The van der Waals surface area contributed by atoms with Gasteiger partial charge in [-0.15, -0.1) is 0 Å². The summed E-state index contributed by atoms with van der Waals surface area (Å²) in [7, 11) is 0. The first-order chi connectivity index (χ1) is 9.83. The number of nitrogens with zero attached hydrogens (tertiary/aromatic N) is 2. The van der Waals surface area contributed by atoms with Gasteiger partial charge in [0, 0.05) is 25.4 Å². The maximum Gasteiger partial charge on any atom is 0.295 e. The number of benzene rings is 1. The van der Waals surface area contributed by atoms with Gasteiger partial charge in [-0.2, -0.15) is 4.98 Å². The Morgan fingerprint density at radius 1 is 1.15 bits per heavy atom. The van der Waals surface area contributed by atoms with Crippen molar-refractivity contribution in [1.82, 2.24) is 9.55 Å². The Morgan fingerprint density at radius 2 is 2.00 bits per heavy atom. The summed E-state index contributed by atoms with van der Waals surface area (Å²) in [4.78, 5) is 15.8. The minimum Gasteiger partial charge on any atom is -0.424 e. The number of para-hydroxylation sites is 2. The molecule has 0 saturated carbocycles. The van der Waals surface area contributed by atoms with Crippen LogP contribution in [-0.2, 0) is 6.54 Å². The second kappa shape index (κ2) is 5.61. The molecule has 0 aliphatic carbocycles. The molecular weight excluding hydrogens is 254 g/mol. The fourth-order valence-corrected chi connectivity index (χ4v) is 2.04. The molecule has 20 heavy (non-hydrogen) atoms. The van der Waals surface area contributed by atoms with Crippen LogP contribution < -0.4 is 10.9 Å². The fourth-order valence-electron chi connectivity index (χ4n) is 2.04. The Hall–Kier alpha value is -2.56. The van der Waals surface area contributed by atoms with Crippen LogP contribution >= 0.6 is 0 Å². The van der Waals surface area contributed by atoms with Crippen LogP contribution in [0, 0.1) is 0 Å². The third-order valence-corrected chi connectivity index (χ3v) is 3.04. The predicted octanol–water partition coefficient (Wildman–Crippen LogP) is 2.49. The lowest BCUT2D eigenvalue weighted by atomic mass is 10.3. The zero-order chi connectivity index (χ0) is 13.8. The molecule has 1 N–H and O–H groups in total. The molecule has 0 atom stereocenters. The molecule has 2 aromatic heterocycles. The number of rotatable bonds is 5. The Balaban J connectivity index is 1.55. The Morgan fingerprint density at radius 3 is 2.85 bits per heavy atom. The molecule has 0 radical (unpaired) electrons. The molecule has 0 spiro atoms. The van der Waals surface area contributed by atoms with Crippen molar-refractivity contribution in [3.8, 4) is 0 Å². The van der Waals surface area contributed by atoms with Gasteiger partial charge in [0.05, 0.1) is 0 Å². The van der Waals surface area contributed by atoms with Crippen LogP contribution in [0.2, 0.25) is 0 Å². The van der Waals surface area contributed by atoms with Crippen molar-refractivity contribution >= 4 is 17.1 Å². The summed E-state index contributed by atoms with van der Waals surface area (Å²) in [6.45, 7) is 1.38. The van der Waals surface area contributed by atoms with E-state index in [4.69, 9.17) is 4.42 Å². The standard InChI is InChI=1S/C15H15N3O2/c19-14-8-3-4-10-18(14)11-5-9-16-15-17-12-6-1-2-7-13(12)20-15/h1-4,6-8,10H,5,9,11H2,(H,16,17). The summed E-state index contributed by atoms with van der Waals surface area (Å²) in [6.07, 6.45) is 2.62. The van der Waals surface area contributed by atoms with Crippen LogP contribution in [0.15, 0.2) is 57.9 Å². The van der Waals surface area contributed by atoms with Gasteiger partial charge in [0.1, 0.15) is 5.52 Å². The van der Waals surface area contributed by atoms with E-state index in [1.54, 1.807) is 22.9 Å². The molecule has 0 amide bonds. The van der Waals surface area contributed by atoms with Gasteiger partial charge in [0.25, 0.3) is 6.01 Å². The molecule has 0 aliphatic rings. The lowest BCUT2D eigenvalue weighted by Gasteiger charge is -2.04. The molecule has 5 nitrogen and oxygen atoms in total. The number of nitrogens with one attached hydrogen (secondary N) is 1. The summed E-state index contributed by atoms with van der Waals surface area (Å²) in [5.41, 5.74) is 1.64. The molecule has 0 fully saturated rings. The minimum absolute atomic E-state index is 0.0226. The van der Waals surface area contributed by atoms with Gasteiger partial charge in [-0.1, -0.05) is 18.2 Å². The molecule has 0 bridgehead atoms. The number of aromatic nitrogens is 2. The lowest BCUT2D eigenvalue weighted by molar-refractivity contribution is 0.597. The van der Waals surface area contributed by atoms with E-state index in [9.17, 15) is 4.79 Å². The van der Waals surface area contributed by atoms with Crippen LogP contribution in [-0.4, -0.2) is 16.1 Å². The smallest absolute Gasteiger partial charge is 0.295 e. The molecular formula is C15H15N3O2. The van der Waals surface area contributed by atoms with E-state index >= 15 is 0 Å². The SMILES string of the molecule is O=c1ccccn1CCCNc1nc2ccccc2o1. The van der Waals surface area contributed by atoms with E-state index < -0.39 is 0 Å². The first-order valence-electron chi connectivity index (χ1n) is 6.58. The highest BCUT2D eigenvalue weighted by molar-refractivity contribution is 5.74. The van der Waals surface area contributed by atoms with E-state index in [1.807, 2.05) is 30.3 Å². The molecule has 2 heterocycles. The molecule has 5 heteroatoms. The van der Waals surface area contributed by atoms with Gasteiger partial charge in [-0.05, 0) is 24.6 Å². The highest BCUT2D eigenvalue weighted by Gasteiger charge is 2.03. The summed E-state index contributed by atoms with van der Waals surface area (Å²) in [5, 5.41) is 3.13. The maximum absolute atomic E-state index is 11.5. The fraction of sp³-hybridized carbons (Fsp3) is 0.200. The Bertz CT molecular complexity index is 728. The number of anilines is 1. The van der Waals surface area contributed by atoms with Crippen molar-refractivity contribution in [3.05, 3.63) is 59.0 Å². The van der Waals surface area contributed by atoms with Gasteiger partial charge in [-0.3, -0.25) is 4.79 Å². The third kappa shape index (κ3) is 2.71. The second-order valence-corrected chi connectivity index (χ2v) is 4.50. The molecule has 0 aliphatic heterocycles. The quantitative estimate of drug-likeness (QED) is 0.723. The Kier molecular flexibility index (Phi) is 3.50. The van der Waals surface area contributed by atoms with Gasteiger partial charge >= 0.3 is 0 Å². The second-order valence-electron chi connectivity index (χ2n) is 4.50. The van der Waals surface area contributed by atoms with Crippen molar-refractivity contribution in [1.29, 1.82) is 0 Å². The van der Waals surface area contributed by atoms with E-state index in [0.717, 1.165) is 17.5 Å². The van der Waals surface area contributed by atoms with Gasteiger partial charge in [-0.25, -0.2) is 0 Å². The summed E-state index contributed by atoms with van der Waals surface area (Å²) < 4.78 is 7.24. The predicted molar refractivity (Wildman–Crippen MR) is 77.8 cm³/mol. The van der Waals surface area contributed by atoms with Gasteiger partial charge < -0.3 is 14.3 Å². The number of fused-ring (bicyclic) bond motifs is 1. The highest BCUT2D eigenvalue weighted by Crippen LogP contribution is 2.17. The summed E-state index contributed by atoms with van der Waals surface area (Å²) >= 11 is 0. The molecule has 102 valence electrons. The van der Waals surface area contributed by atoms with E-state index in [-0.39, 0.29) is 5.56 Å². The van der Waals surface area contributed by atoms with Crippen LogP contribution in [0.3, 0.4) is 0 Å². The largest absolute Gasteiger partial charge is 0.424 e. The van der Waals surface area contributed by atoms with Crippen molar-refractivity contribution in [2.24, 2.45) is 0 Å². The average molecular weight is 269 g/mol. The van der Waals surface area contributed by atoms with E-state index in [0.29, 0.717) is 19.1 Å². The topological polar surface area (TPSA) is 60.1 Å².